The molecule has 1 aromatic heterocycles. The molecule has 0 fully saturated rings. The third kappa shape index (κ3) is 4.93. The van der Waals surface area contributed by atoms with E-state index < -0.39 is 0 Å². The number of nitrogen functional groups attached to an aromatic ring is 1. The van der Waals surface area contributed by atoms with Crippen LogP contribution in [0.4, 0.5) is 5.69 Å². The molecular formula is C13H22N2O2. The highest BCUT2D eigenvalue weighted by Gasteiger charge is 2.14. The van der Waals surface area contributed by atoms with Gasteiger partial charge in [-0.05, 0) is 32.8 Å². The van der Waals surface area contributed by atoms with Crippen molar-refractivity contribution in [1.82, 2.24) is 4.98 Å². The van der Waals surface area contributed by atoms with Crippen molar-refractivity contribution < 1.29 is 9.47 Å². The average molecular weight is 238 g/mol. The third-order valence-corrected chi connectivity index (χ3v) is 1.83. The monoisotopic (exact) mass is 238 g/mol. The molecule has 1 rings (SSSR count). The van der Waals surface area contributed by atoms with E-state index in [1.54, 1.807) is 12.1 Å². The Balaban J connectivity index is 2.79. The van der Waals surface area contributed by atoms with Gasteiger partial charge in [0, 0.05) is 6.07 Å². The van der Waals surface area contributed by atoms with Crippen molar-refractivity contribution in [2.45, 2.75) is 40.2 Å². The van der Waals surface area contributed by atoms with Gasteiger partial charge < -0.3 is 15.2 Å². The van der Waals surface area contributed by atoms with Crippen molar-refractivity contribution in [2.24, 2.45) is 5.92 Å². The second-order valence-electron chi connectivity index (χ2n) is 5.46. The molecule has 0 aromatic carbocycles. The van der Waals surface area contributed by atoms with E-state index in [0.29, 0.717) is 30.0 Å². The lowest BCUT2D eigenvalue weighted by molar-refractivity contribution is 0.122. The van der Waals surface area contributed by atoms with E-state index in [0.717, 1.165) is 0 Å². The number of nitrogens with zero attached hydrogens (tertiary/aromatic N) is 1. The summed E-state index contributed by atoms with van der Waals surface area (Å²) in [7, 11) is 0. The SMILES string of the molecule is CC(C)COc1nc(OC(C)(C)C)ccc1N. The van der Waals surface area contributed by atoms with Crippen molar-refractivity contribution in [3.63, 3.8) is 0 Å². The minimum Gasteiger partial charge on any atom is -0.476 e. The molecule has 0 bridgehead atoms. The zero-order chi connectivity index (χ0) is 13.1. The van der Waals surface area contributed by atoms with Crippen LogP contribution < -0.4 is 15.2 Å². The Kier molecular flexibility index (Phi) is 4.21. The molecule has 0 aliphatic heterocycles. The summed E-state index contributed by atoms with van der Waals surface area (Å²) in [5.74, 6) is 1.41. The van der Waals surface area contributed by atoms with Gasteiger partial charge in [0.05, 0.1) is 12.3 Å². The van der Waals surface area contributed by atoms with Crippen LogP contribution in [0.1, 0.15) is 34.6 Å². The van der Waals surface area contributed by atoms with Gasteiger partial charge in [0.15, 0.2) is 0 Å². The van der Waals surface area contributed by atoms with Crippen LogP contribution in [0.15, 0.2) is 12.1 Å². The van der Waals surface area contributed by atoms with Crippen LogP contribution in [0.25, 0.3) is 0 Å². The van der Waals surface area contributed by atoms with Crippen LogP contribution in [-0.2, 0) is 0 Å². The summed E-state index contributed by atoms with van der Waals surface area (Å²) in [6.07, 6.45) is 0. The highest BCUT2D eigenvalue weighted by molar-refractivity contribution is 5.49. The molecule has 0 radical (unpaired) electrons. The Labute approximate surface area is 103 Å². The Morgan fingerprint density at radius 1 is 1.29 bits per heavy atom. The van der Waals surface area contributed by atoms with Gasteiger partial charge in [0.1, 0.15) is 5.60 Å². The number of ether oxygens (including phenoxy) is 2. The lowest BCUT2D eigenvalue weighted by Gasteiger charge is -2.21. The number of rotatable bonds is 4. The Bertz CT molecular complexity index is 370. The number of aromatic nitrogens is 1. The molecule has 2 N–H and O–H groups in total. The van der Waals surface area contributed by atoms with Crippen molar-refractivity contribution in [3.8, 4) is 11.8 Å². The van der Waals surface area contributed by atoms with Gasteiger partial charge >= 0.3 is 0 Å². The molecule has 1 heterocycles. The standard InChI is InChI=1S/C13H22N2O2/c1-9(2)8-16-12-10(14)6-7-11(15-12)17-13(3,4)5/h6-7,9H,8,14H2,1-5H3. The van der Waals surface area contributed by atoms with Gasteiger partial charge in [-0.15, -0.1) is 0 Å². The van der Waals surface area contributed by atoms with E-state index >= 15 is 0 Å². The Hall–Kier alpha value is -1.45. The predicted octanol–water partition coefficient (Wildman–Crippen LogP) is 2.88. The highest BCUT2D eigenvalue weighted by atomic mass is 16.5. The molecule has 96 valence electrons. The summed E-state index contributed by atoms with van der Waals surface area (Å²) in [5.41, 5.74) is 6.05. The largest absolute Gasteiger partial charge is 0.476 e. The van der Waals surface area contributed by atoms with Crippen molar-refractivity contribution in [2.75, 3.05) is 12.3 Å². The van der Waals surface area contributed by atoms with Crippen LogP contribution in [0, 0.1) is 5.92 Å². The van der Waals surface area contributed by atoms with E-state index in [9.17, 15) is 0 Å². The molecule has 0 saturated heterocycles. The first-order valence-corrected chi connectivity index (χ1v) is 5.86. The second kappa shape index (κ2) is 5.25. The van der Waals surface area contributed by atoms with Crippen LogP contribution in [0.5, 0.6) is 11.8 Å². The quantitative estimate of drug-likeness (QED) is 0.876. The zero-order valence-electron chi connectivity index (χ0n) is 11.3. The first-order valence-electron chi connectivity index (χ1n) is 5.86. The lowest BCUT2D eigenvalue weighted by Crippen LogP contribution is -2.23. The van der Waals surface area contributed by atoms with Gasteiger partial charge in [-0.3, -0.25) is 0 Å². The summed E-state index contributed by atoms with van der Waals surface area (Å²) in [4.78, 5) is 4.26. The van der Waals surface area contributed by atoms with Crippen molar-refractivity contribution in [3.05, 3.63) is 12.1 Å². The average Bonchev–Trinajstić information content (AvgIpc) is 2.16. The number of hydrogen-bond donors (Lipinski definition) is 1. The maximum absolute atomic E-state index is 5.80. The highest BCUT2D eigenvalue weighted by Crippen LogP contribution is 2.24. The molecule has 0 unspecified atom stereocenters. The van der Waals surface area contributed by atoms with Crippen LogP contribution in [-0.4, -0.2) is 17.2 Å². The van der Waals surface area contributed by atoms with Crippen LogP contribution in [0.2, 0.25) is 0 Å². The fraction of sp³-hybridized carbons (Fsp3) is 0.615. The molecule has 0 aliphatic rings. The summed E-state index contributed by atoms with van der Waals surface area (Å²) in [6, 6.07) is 3.51. The molecule has 0 spiro atoms. The fourth-order valence-corrected chi connectivity index (χ4v) is 1.17. The van der Waals surface area contributed by atoms with Gasteiger partial charge in [-0.2, -0.15) is 4.98 Å². The topological polar surface area (TPSA) is 57.4 Å². The molecule has 0 amide bonds. The number of hydrogen-bond acceptors (Lipinski definition) is 4. The second-order valence-corrected chi connectivity index (χ2v) is 5.46. The minimum absolute atomic E-state index is 0.279. The molecule has 4 heteroatoms. The molecule has 0 atom stereocenters. The Morgan fingerprint density at radius 3 is 2.47 bits per heavy atom. The first kappa shape index (κ1) is 13.6. The molecule has 0 saturated carbocycles. The van der Waals surface area contributed by atoms with Gasteiger partial charge in [-0.25, -0.2) is 0 Å². The Morgan fingerprint density at radius 2 is 1.94 bits per heavy atom. The summed E-state index contributed by atoms with van der Waals surface area (Å²) in [6.45, 7) is 10.7. The third-order valence-electron chi connectivity index (χ3n) is 1.83. The first-order chi connectivity index (χ1) is 7.78. The van der Waals surface area contributed by atoms with E-state index in [1.807, 2.05) is 20.8 Å². The number of anilines is 1. The van der Waals surface area contributed by atoms with E-state index in [4.69, 9.17) is 15.2 Å². The van der Waals surface area contributed by atoms with E-state index in [1.165, 1.54) is 0 Å². The van der Waals surface area contributed by atoms with E-state index in [-0.39, 0.29) is 5.60 Å². The maximum Gasteiger partial charge on any atom is 0.240 e. The molecule has 0 aliphatic carbocycles. The molecular weight excluding hydrogens is 216 g/mol. The smallest absolute Gasteiger partial charge is 0.240 e. The summed E-state index contributed by atoms with van der Waals surface area (Å²) < 4.78 is 11.2. The van der Waals surface area contributed by atoms with E-state index in [2.05, 4.69) is 18.8 Å². The van der Waals surface area contributed by atoms with Gasteiger partial charge in [0.2, 0.25) is 11.8 Å². The van der Waals surface area contributed by atoms with Gasteiger partial charge in [-0.1, -0.05) is 13.8 Å². The van der Waals surface area contributed by atoms with Gasteiger partial charge in [0.25, 0.3) is 0 Å². The predicted molar refractivity (Wildman–Crippen MR) is 69.4 cm³/mol. The fourth-order valence-electron chi connectivity index (χ4n) is 1.17. The normalized spacial score (nSPS) is 11.6. The number of pyridine rings is 1. The molecule has 17 heavy (non-hydrogen) atoms. The summed E-state index contributed by atoms with van der Waals surface area (Å²) >= 11 is 0. The van der Waals surface area contributed by atoms with Crippen molar-refractivity contribution >= 4 is 5.69 Å². The van der Waals surface area contributed by atoms with Crippen LogP contribution in [0.3, 0.4) is 0 Å². The summed E-state index contributed by atoms with van der Waals surface area (Å²) in [5, 5.41) is 0. The van der Waals surface area contributed by atoms with Crippen LogP contribution >= 0.6 is 0 Å². The number of nitrogens with two attached hydrogens (primary N) is 1. The maximum atomic E-state index is 5.80. The molecule has 1 aromatic rings. The zero-order valence-corrected chi connectivity index (χ0v) is 11.3. The van der Waals surface area contributed by atoms with Crippen molar-refractivity contribution in [1.29, 1.82) is 0 Å². The molecule has 4 nitrogen and oxygen atoms in total. The minimum atomic E-state index is -0.279. The lowest BCUT2D eigenvalue weighted by atomic mass is 10.2.